The molecule has 0 aliphatic heterocycles. The molecule has 8 rings (SSSR count). The van der Waals surface area contributed by atoms with Crippen LogP contribution in [0.2, 0.25) is 0 Å². The number of pyridine rings is 1. The molecule has 2 N–H and O–H groups in total. The minimum Gasteiger partial charge on any atom is -0.507 e. The number of aromatic nitrogens is 1. The molecule has 1 saturated carbocycles. The minimum atomic E-state index is -3.83. The second kappa shape index (κ2) is 13.6. The van der Waals surface area contributed by atoms with Gasteiger partial charge < -0.3 is 9.52 Å². The van der Waals surface area contributed by atoms with Crippen LogP contribution in [-0.2, 0) is 27.1 Å². The number of hydrogen-bond acceptors (Lipinski definition) is 9. The maximum atomic E-state index is 12.8. The van der Waals surface area contributed by atoms with E-state index in [1.165, 1.54) is 40.6 Å². The first-order chi connectivity index (χ1) is 21.7. The van der Waals surface area contributed by atoms with Crippen LogP contribution in [0.1, 0.15) is 49.5 Å². The number of hydrogen-bond donors (Lipinski definition) is 2. The fourth-order valence-corrected chi connectivity index (χ4v) is 6.48. The molecule has 12 heteroatoms. The van der Waals surface area contributed by atoms with Crippen molar-refractivity contribution in [1.29, 1.82) is 0 Å². The van der Waals surface area contributed by atoms with Gasteiger partial charge in [-0.15, -0.1) is 4.36 Å². The van der Waals surface area contributed by atoms with Gasteiger partial charge in [-0.3, -0.25) is 0 Å². The van der Waals surface area contributed by atoms with Crippen molar-refractivity contribution in [2.45, 2.75) is 44.0 Å². The highest BCUT2D eigenvalue weighted by Gasteiger charge is 2.37. The standard InChI is InChI=1S/C22H20N2O7S2.C9H5N.C2H6/c25-19-12-17(13-23-33(29,30)18-7-2-1-3-8-18)31-22(26)21(19)20(14-9-10-14)15-5-4-6-16(11-15)24-32(27)28;1-2-6-4-5-8-7(3-1)9(6)10-8;1-2/h1-8,11-12,14,20,23,25H,9-10,13H2;1-5H;1-2H3. The summed E-state index contributed by atoms with van der Waals surface area (Å²) in [6.07, 6.45) is 1.66. The summed E-state index contributed by atoms with van der Waals surface area (Å²) < 4.78 is 57.8. The van der Waals surface area contributed by atoms with Crippen molar-refractivity contribution < 1.29 is 26.4 Å². The SMILES string of the molecule is CC.O=c1oc(CNS(=O)(=O)c2ccccc2)cc(O)c1C(c1cccc(N=S(=O)=O)c1)C1CC1.c1cc2ccc3c(c1)c2N=3. The summed E-state index contributed by atoms with van der Waals surface area (Å²) in [5.74, 6) is -0.784. The Hall–Kier alpha value is -4.65. The van der Waals surface area contributed by atoms with Crippen molar-refractivity contribution >= 4 is 48.0 Å². The van der Waals surface area contributed by atoms with E-state index in [4.69, 9.17) is 4.42 Å². The molecule has 1 fully saturated rings. The van der Waals surface area contributed by atoms with E-state index in [2.05, 4.69) is 44.4 Å². The Kier molecular flexibility index (Phi) is 9.57. The average molecular weight is 646 g/mol. The van der Waals surface area contributed by atoms with Gasteiger partial charge in [0, 0.05) is 22.8 Å². The number of fused-ring (bicyclic) bond motifs is 1. The quantitative estimate of drug-likeness (QED) is 0.194. The van der Waals surface area contributed by atoms with Crippen LogP contribution >= 0.6 is 0 Å². The van der Waals surface area contributed by atoms with Crippen LogP contribution in [0.3, 0.4) is 0 Å². The molecular formula is C33H31N3O7S2. The first-order valence-corrected chi connectivity index (χ1v) is 16.9. The van der Waals surface area contributed by atoms with Gasteiger partial charge in [-0.25, -0.2) is 22.9 Å². The van der Waals surface area contributed by atoms with Crippen LogP contribution in [0.15, 0.2) is 109 Å². The lowest BCUT2D eigenvalue weighted by atomic mass is 9.87. The molecule has 4 bridgehead atoms. The fourth-order valence-electron chi connectivity index (χ4n) is 5.18. The van der Waals surface area contributed by atoms with Gasteiger partial charge in [0.15, 0.2) is 0 Å². The third-order valence-corrected chi connectivity index (χ3v) is 9.09. The van der Waals surface area contributed by atoms with E-state index in [1.807, 2.05) is 13.8 Å². The number of para-hydroxylation sites is 1. The zero-order chi connectivity index (χ0) is 32.1. The monoisotopic (exact) mass is 645 g/mol. The van der Waals surface area contributed by atoms with Gasteiger partial charge in [-0.1, -0.05) is 68.4 Å². The molecule has 3 aromatic heterocycles. The smallest absolute Gasteiger partial charge is 0.343 e. The molecule has 10 nitrogen and oxygen atoms in total. The van der Waals surface area contributed by atoms with Gasteiger partial charge in [0.25, 0.3) is 0 Å². The van der Waals surface area contributed by atoms with Gasteiger partial charge >= 0.3 is 16.1 Å². The number of nitrogens with zero attached hydrogens (tertiary/aromatic N) is 2. The van der Waals surface area contributed by atoms with Crippen molar-refractivity contribution in [3.05, 3.63) is 118 Å². The van der Waals surface area contributed by atoms with Crippen LogP contribution < -0.4 is 10.3 Å². The molecule has 232 valence electrons. The van der Waals surface area contributed by atoms with Crippen LogP contribution in [0.5, 0.6) is 5.75 Å². The van der Waals surface area contributed by atoms with Crippen LogP contribution in [0.25, 0.3) is 21.8 Å². The second-order valence-electron chi connectivity index (χ2n) is 10.2. The number of benzene rings is 4. The molecule has 0 amide bonds. The largest absolute Gasteiger partial charge is 0.507 e. The van der Waals surface area contributed by atoms with Crippen molar-refractivity contribution in [2.75, 3.05) is 0 Å². The normalized spacial score (nSPS) is 13.5. The summed E-state index contributed by atoms with van der Waals surface area (Å²) in [7, 11) is -6.45. The van der Waals surface area contributed by atoms with Crippen LogP contribution in [-0.4, -0.2) is 26.9 Å². The lowest BCUT2D eigenvalue weighted by Gasteiger charge is -2.18. The molecule has 0 spiro atoms. The highest BCUT2D eigenvalue weighted by Crippen LogP contribution is 2.48. The second-order valence-corrected chi connectivity index (χ2v) is 12.6. The number of sulfonamides is 1. The average Bonchev–Trinajstić information content (AvgIpc) is 3.86. The van der Waals surface area contributed by atoms with Gasteiger partial charge in [-0.2, -0.15) is 8.42 Å². The Morgan fingerprint density at radius 1 is 0.978 bits per heavy atom. The molecule has 0 saturated heterocycles. The topological polar surface area (TPSA) is 156 Å². The van der Waals surface area contributed by atoms with E-state index in [0.717, 1.165) is 18.4 Å². The van der Waals surface area contributed by atoms with Crippen molar-refractivity contribution in [1.82, 2.24) is 9.71 Å². The van der Waals surface area contributed by atoms with E-state index in [9.17, 15) is 26.7 Å². The summed E-state index contributed by atoms with van der Waals surface area (Å²) in [6, 6.07) is 25.9. The number of aromatic hydroxyl groups is 1. The molecule has 1 atom stereocenters. The summed E-state index contributed by atoms with van der Waals surface area (Å²) >= 11 is 0. The lowest BCUT2D eigenvalue weighted by molar-refractivity contribution is 0.401. The number of rotatable bonds is 8. The number of nitrogens with one attached hydrogen (secondary N) is 1. The maximum Gasteiger partial charge on any atom is 0.343 e. The van der Waals surface area contributed by atoms with Gasteiger partial charge in [0.05, 0.1) is 33.7 Å². The Bertz CT molecular complexity index is 2160. The van der Waals surface area contributed by atoms with Gasteiger partial charge in [0.1, 0.15) is 11.5 Å². The zero-order valence-electron chi connectivity index (χ0n) is 24.5. The Morgan fingerprint density at radius 3 is 2.33 bits per heavy atom. The van der Waals surface area contributed by atoms with Crippen molar-refractivity contribution in [2.24, 2.45) is 10.3 Å². The fraction of sp³-hybridized carbons (Fsp3) is 0.212. The molecule has 1 unspecified atom stereocenters. The molecule has 1 aliphatic carbocycles. The summed E-state index contributed by atoms with van der Waals surface area (Å²) in [4.78, 5) is 17.2. The van der Waals surface area contributed by atoms with Crippen LogP contribution in [0, 0.1) is 5.92 Å². The Morgan fingerprint density at radius 2 is 1.71 bits per heavy atom. The van der Waals surface area contributed by atoms with E-state index < -0.39 is 32.1 Å². The highest BCUT2D eigenvalue weighted by molar-refractivity contribution is 7.89. The van der Waals surface area contributed by atoms with Gasteiger partial charge in [-0.05, 0) is 54.7 Å². The molecule has 7 aromatic rings. The van der Waals surface area contributed by atoms with E-state index in [-0.39, 0.29) is 40.1 Å². The van der Waals surface area contributed by atoms with E-state index >= 15 is 0 Å². The first-order valence-electron chi connectivity index (χ1n) is 14.4. The van der Waals surface area contributed by atoms with Crippen LogP contribution in [0.4, 0.5) is 5.69 Å². The Balaban J connectivity index is 0.000000275. The molecular weight excluding hydrogens is 615 g/mol. The molecule has 0 radical (unpaired) electrons. The van der Waals surface area contributed by atoms with Gasteiger partial charge in [0.2, 0.25) is 10.0 Å². The van der Waals surface area contributed by atoms with E-state index in [1.54, 1.807) is 36.4 Å². The Labute approximate surface area is 261 Å². The maximum absolute atomic E-state index is 12.8. The van der Waals surface area contributed by atoms with Crippen molar-refractivity contribution in [3.63, 3.8) is 0 Å². The molecule has 1 aliphatic rings. The summed E-state index contributed by atoms with van der Waals surface area (Å²) in [6.45, 7) is 3.68. The third kappa shape index (κ3) is 7.19. The summed E-state index contributed by atoms with van der Waals surface area (Å²) in [5.41, 5.74) is 2.43. The van der Waals surface area contributed by atoms with E-state index in [0.29, 0.717) is 5.56 Å². The lowest BCUT2D eigenvalue weighted by Crippen LogP contribution is -2.24. The summed E-state index contributed by atoms with van der Waals surface area (Å²) in [5, 5.41) is 13.3. The minimum absolute atomic E-state index is 0.0409. The zero-order valence-corrected chi connectivity index (χ0v) is 26.2. The molecule has 45 heavy (non-hydrogen) atoms. The van der Waals surface area contributed by atoms with Crippen molar-refractivity contribution in [3.8, 4) is 5.75 Å². The molecule has 4 aromatic carbocycles. The third-order valence-electron chi connectivity index (χ3n) is 7.32. The molecule has 3 heterocycles. The first kappa shape index (κ1) is 31.8. The predicted octanol–water partition coefficient (Wildman–Crippen LogP) is 6.35. The predicted molar refractivity (Wildman–Crippen MR) is 172 cm³/mol. The highest BCUT2D eigenvalue weighted by atomic mass is 32.2.